The molecule has 6 rings (SSSR count). The summed E-state index contributed by atoms with van der Waals surface area (Å²) in [6.07, 6.45) is 2.56. The van der Waals surface area contributed by atoms with Crippen molar-refractivity contribution in [3.05, 3.63) is 120 Å². The summed E-state index contributed by atoms with van der Waals surface area (Å²) in [7, 11) is 3.32. The van der Waals surface area contributed by atoms with Gasteiger partial charge in [0.15, 0.2) is 0 Å². The van der Waals surface area contributed by atoms with E-state index in [-0.39, 0.29) is 11.8 Å². The van der Waals surface area contributed by atoms with Crippen molar-refractivity contribution < 1.29 is 19.0 Å². The lowest BCUT2D eigenvalue weighted by atomic mass is 9.87. The molecule has 1 aliphatic rings. The molecule has 0 bridgehead atoms. The van der Waals surface area contributed by atoms with Gasteiger partial charge in [-0.1, -0.05) is 60.7 Å². The molecule has 1 saturated heterocycles. The quantitative estimate of drug-likeness (QED) is 0.163. The lowest BCUT2D eigenvalue weighted by Crippen LogP contribution is -2.49. The van der Waals surface area contributed by atoms with Gasteiger partial charge in [0, 0.05) is 68.2 Å². The molecule has 1 aromatic heterocycles. The molecule has 1 unspecified atom stereocenters. The molecule has 1 aliphatic heterocycles. The van der Waals surface area contributed by atoms with Gasteiger partial charge < -0.3 is 28.6 Å². The summed E-state index contributed by atoms with van der Waals surface area (Å²) >= 11 is 0. The Labute approximate surface area is 265 Å². The number of para-hydroxylation sites is 3. The number of benzene rings is 4. The number of amides is 1. The Balaban J connectivity index is 1.31. The van der Waals surface area contributed by atoms with E-state index in [0.29, 0.717) is 37.6 Å². The molecule has 0 radical (unpaired) electrons. The minimum Gasteiger partial charge on any atom is -0.497 e. The fourth-order valence-electron chi connectivity index (χ4n) is 6.40. The maximum absolute atomic E-state index is 14.1. The molecule has 5 aromatic rings. The van der Waals surface area contributed by atoms with Crippen LogP contribution in [0.15, 0.2) is 103 Å². The minimum atomic E-state index is -0.194. The molecule has 4 aromatic carbocycles. The molecule has 7 nitrogen and oxygen atoms in total. The SMILES string of the molecule is CCOc1ccccc1N1CCN(C(=O)CC(c2cc(OC)cc(OC)c2)c2cn(Cc3ccccc3)c3ccccc23)CC1. The van der Waals surface area contributed by atoms with Crippen molar-refractivity contribution in [2.75, 3.05) is 51.9 Å². The van der Waals surface area contributed by atoms with Crippen LogP contribution in [0.25, 0.3) is 10.9 Å². The van der Waals surface area contributed by atoms with Crippen molar-refractivity contribution in [2.45, 2.75) is 25.8 Å². The zero-order valence-electron chi connectivity index (χ0n) is 26.3. The second kappa shape index (κ2) is 13.8. The maximum atomic E-state index is 14.1. The molecule has 232 valence electrons. The highest BCUT2D eigenvalue weighted by Crippen LogP contribution is 2.39. The summed E-state index contributed by atoms with van der Waals surface area (Å²) in [4.78, 5) is 18.4. The molecular formula is C38H41N3O4. The fourth-order valence-corrected chi connectivity index (χ4v) is 6.40. The van der Waals surface area contributed by atoms with Crippen LogP contribution >= 0.6 is 0 Å². The number of carbonyl (C=O) groups is 1. The third kappa shape index (κ3) is 6.63. The van der Waals surface area contributed by atoms with Crippen molar-refractivity contribution in [2.24, 2.45) is 0 Å². The fraction of sp³-hybridized carbons (Fsp3) is 0.289. The molecule has 1 amide bonds. The van der Waals surface area contributed by atoms with Crippen LogP contribution in [0.3, 0.4) is 0 Å². The first-order chi connectivity index (χ1) is 22.1. The predicted octanol–water partition coefficient (Wildman–Crippen LogP) is 6.98. The average Bonchev–Trinajstić information content (AvgIpc) is 3.45. The van der Waals surface area contributed by atoms with Gasteiger partial charge in [0.1, 0.15) is 17.2 Å². The Morgan fingerprint density at radius 2 is 1.47 bits per heavy atom. The van der Waals surface area contributed by atoms with E-state index in [2.05, 4.69) is 70.3 Å². The van der Waals surface area contributed by atoms with E-state index in [1.165, 1.54) is 5.56 Å². The lowest BCUT2D eigenvalue weighted by Gasteiger charge is -2.37. The summed E-state index contributed by atoms with van der Waals surface area (Å²) in [5.74, 6) is 2.24. The van der Waals surface area contributed by atoms with E-state index in [4.69, 9.17) is 14.2 Å². The number of piperazine rings is 1. The van der Waals surface area contributed by atoms with E-state index in [9.17, 15) is 4.79 Å². The first-order valence-electron chi connectivity index (χ1n) is 15.7. The van der Waals surface area contributed by atoms with Crippen LogP contribution in [0.5, 0.6) is 17.2 Å². The third-order valence-corrected chi connectivity index (χ3v) is 8.68. The molecule has 7 heteroatoms. The van der Waals surface area contributed by atoms with Crippen LogP contribution in [0.2, 0.25) is 0 Å². The predicted molar refractivity (Wildman–Crippen MR) is 180 cm³/mol. The molecular weight excluding hydrogens is 562 g/mol. The lowest BCUT2D eigenvalue weighted by molar-refractivity contribution is -0.131. The molecule has 1 fully saturated rings. The Kier molecular flexibility index (Phi) is 9.24. The number of anilines is 1. The highest BCUT2D eigenvalue weighted by Gasteiger charge is 2.29. The number of carbonyl (C=O) groups excluding carboxylic acids is 1. The Morgan fingerprint density at radius 1 is 0.800 bits per heavy atom. The Bertz CT molecular complexity index is 1720. The summed E-state index contributed by atoms with van der Waals surface area (Å²) < 4.78 is 19.5. The summed E-state index contributed by atoms with van der Waals surface area (Å²) in [6, 6.07) is 33.0. The topological polar surface area (TPSA) is 56.2 Å². The largest absolute Gasteiger partial charge is 0.497 e. The van der Waals surface area contributed by atoms with Crippen LogP contribution < -0.4 is 19.1 Å². The molecule has 2 heterocycles. The van der Waals surface area contributed by atoms with Crippen LogP contribution in [0, 0.1) is 0 Å². The first kappa shape index (κ1) is 30.1. The van der Waals surface area contributed by atoms with Crippen molar-refractivity contribution in [1.29, 1.82) is 0 Å². The summed E-state index contributed by atoms with van der Waals surface area (Å²) in [5, 5.41) is 1.14. The number of methoxy groups -OCH3 is 2. The van der Waals surface area contributed by atoms with E-state index >= 15 is 0 Å². The second-order valence-corrected chi connectivity index (χ2v) is 11.4. The van der Waals surface area contributed by atoms with Gasteiger partial charge in [0.25, 0.3) is 0 Å². The monoisotopic (exact) mass is 603 g/mol. The molecule has 0 aliphatic carbocycles. The second-order valence-electron chi connectivity index (χ2n) is 11.4. The van der Waals surface area contributed by atoms with Gasteiger partial charge in [-0.15, -0.1) is 0 Å². The molecule has 0 saturated carbocycles. The summed E-state index contributed by atoms with van der Waals surface area (Å²) in [6.45, 7) is 6.18. The third-order valence-electron chi connectivity index (χ3n) is 8.68. The van der Waals surface area contributed by atoms with E-state index in [0.717, 1.165) is 53.1 Å². The van der Waals surface area contributed by atoms with Gasteiger partial charge in [0.05, 0.1) is 26.5 Å². The number of ether oxygens (including phenoxy) is 3. The van der Waals surface area contributed by atoms with Gasteiger partial charge in [-0.3, -0.25) is 4.79 Å². The number of nitrogens with zero attached hydrogens (tertiary/aromatic N) is 3. The molecule has 0 N–H and O–H groups in total. The first-order valence-corrected chi connectivity index (χ1v) is 15.7. The Morgan fingerprint density at radius 3 is 2.18 bits per heavy atom. The van der Waals surface area contributed by atoms with Crippen LogP contribution in [0.1, 0.15) is 36.0 Å². The zero-order chi connectivity index (χ0) is 31.2. The highest BCUT2D eigenvalue weighted by atomic mass is 16.5. The van der Waals surface area contributed by atoms with E-state index in [1.807, 2.05) is 54.3 Å². The highest BCUT2D eigenvalue weighted by molar-refractivity contribution is 5.87. The maximum Gasteiger partial charge on any atom is 0.223 e. The van der Waals surface area contributed by atoms with Crippen LogP contribution in [-0.4, -0.2) is 62.4 Å². The number of hydrogen-bond donors (Lipinski definition) is 0. The minimum absolute atomic E-state index is 0.138. The molecule has 45 heavy (non-hydrogen) atoms. The van der Waals surface area contributed by atoms with Gasteiger partial charge in [-0.25, -0.2) is 0 Å². The zero-order valence-corrected chi connectivity index (χ0v) is 26.3. The molecule has 0 spiro atoms. The molecule has 1 atom stereocenters. The van der Waals surface area contributed by atoms with Gasteiger partial charge >= 0.3 is 0 Å². The van der Waals surface area contributed by atoms with Crippen molar-refractivity contribution >= 4 is 22.5 Å². The van der Waals surface area contributed by atoms with Crippen LogP contribution in [0.4, 0.5) is 5.69 Å². The van der Waals surface area contributed by atoms with Gasteiger partial charge in [-0.2, -0.15) is 0 Å². The smallest absolute Gasteiger partial charge is 0.223 e. The van der Waals surface area contributed by atoms with Crippen molar-refractivity contribution in [3.8, 4) is 17.2 Å². The van der Waals surface area contributed by atoms with Crippen molar-refractivity contribution in [3.63, 3.8) is 0 Å². The van der Waals surface area contributed by atoms with Crippen molar-refractivity contribution in [1.82, 2.24) is 9.47 Å². The summed E-state index contributed by atoms with van der Waals surface area (Å²) in [5.41, 5.74) is 5.56. The van der Waals surface area contributed by atoms with E-state index < -0.39 is 0 Å². The van der Waals surface area contributed by atoms with Crippen LogP contribution in [-0.2, 0) is 11.3 Å². The Hall–Kier alpha value is -4.91. The number of fused-ring (bicyclic) bond motifs is 1. The van der Waals surface area contributed by atoms with Gasteiger partial charge in [0.2, 0.25) is 5.91 Å². The number of hydrogen-bond acceptors (Lipinski definition) is 5. The number of aromatic nitrogens is 1. The normalized spacial score (nSPS) is 13.9. The van der Waals surface area contributed by atoms with Gasteiger partial charge in [-0.05, 0) is 53.9 Å². The standard InChI is InChI=1S/C38H41N3O4/c1-4-45-37-17-11-10-16-36(37)39-18-20-40(21-19-39)38(42)25-33(29-22-30(43-2)24-31(23-29)44-3)34-27-41(26-28-12-6-5-7-13-28)35-15-9-8-14-32(34)35/h5-17,22-24,27,33H,4,18-21,25-26H2,1-3H3. The van der Waals surface area contributed by atoms with E-state index in [1.54, 1.807) is 14.2 Å². The average molecular weight is 604 g/mol. The number of rotatable bonds is 11.